The number of nitrogens with zero attached hydrogens (tertiary/aromatic N) is 5. The maximum Gasteiger partial charge on any atom is 0.311 e. The van der Waals surface area contributed by atoms with E-state index in [4.69, 9.17) is 31.2 Å². The summed E-state index contributed by atoms with van der Waals surface area (Å²) in [6.45, 7) is 15.3. The number of unbranched alkanes of at least 4 members (excludes halogenated alkanes) is 3. The van der Waals surface area contributed by atoms with E-state index in [1.165, 1.54) is 21.0 Å². The molecule has 3 aromatic rings. The fourth-order valence-electron chi connectivity index (χ4n) is 9.85. The Morgan fingerprint density at radius 2 is 1.62 bits per heavy atom. The highest BCUT2D eigenvalue weighted by molar-refractivity contribution is 7.71. The van der Waals surface area contributed by atoms with Gasteiger partial charge in [-0.05, 0) is 84.5 Å². The molecule has 0 unspecified atom stereocenters. The number of aromatic nitrogens is 4. The van der Waals surface area contributed by atoms with Gasteiger partial charge in [-0.25, -0.2) is 0 Å². The second-order valence-electron chi connectivity index (χ2n) is 19.4. The molecule has 1 aromatic carbocycles. The number of aliphatic hydroxyl groups is 4. The Morgan fingerprint density at radius 3 is 2.27 bits per heavy atom. The Kier molecular flexibility index (Phi) is 18.7. The molecule has 2 aliphatic heterocycles. The van der Waals surface area contributed by atoms with Gasteiger partial charge in [-0.15, -0.1) is 5.10 Å². The number of benzene rings is 1. The number of aliphatic hydroxyl groups excluding tert-OH is 3. The van der Waals surface area contributed by atoms with E-state index >= 15 is 0 Å². The van der Waals surface area contributed by atoms with Gasteiger partial charge in [0, 0.05) is 62.3 Å². The lowest BCUT2D eigenvalue weighted by molar-refractivity contribution is -0.302. The van der Waals surface area contributed by atoms with Crippen molar-refractivity contribution >= 4 is 24.0 Å². The number of rotatable bonds is 15. The number of pyridine rings is 1. The highest BCUT2D eigenvalue weighted by Crippen LogP contribution is 2.39. The average Bonchev–Trinajstić information content (AvgIpc) is 3.77. The van der Waals surface area contributed by atoms with Crippen LogP contribution in [0.5, 0.6) is 5.75 Å². The third-order valence-electron chi connectivity index (χ3n) is 14.2. The van der Waals surface area contributed by atoms with Crippen LogP contribution in [-0.2, 0) is 48.2 Å². The van der Waals surface area contributed by atoms with Gasteiger partial charge in [0.25, 0.3) is 0 Å². The fourth-order valence-corrected chi connectivity index (χ4v) is 10.1. The third-order valence-corrected chi connectivity index (χ3v) is 14.6. The SMILES string of the molecule is CC[C@H]1OC(=O)[C@H](C)[C@@H](O)[C@H](C)[C@@H](O[C@@H]2O[C@H](C)C[C@H](N(C)Cc3ccc(-c4cn(CCCCCCn5cccc(O)c5=S)nn4)cc3)[C@H]2O)[C@](C)(OC)C[C@@H](C)C(=O)[C@H](C)[C@@H](O)[C@]1(C)O. The Hall–Kier alpha value is -3.65. The number of aryl methyl sites for hydroxylation is 2. The van der Waals surface area contributed by atoms with Gasteiger partial charge in [-0.1, -0.05) is 82.2 Å². The van der Waals surface area contributed by atoms with Crippen molar-refractivity contribution < 1.29 is 54.1 Å². The molecule has 14 atom stereocenters. The van der Waals surface area contributed by atoms with Crippen LogP contribution >= 0.6 is 12.2 Å². The molecule has 2 fully saturated rings. The zero-order chi connectivity index (χ0) is 48.7. The lowest BCUT2D eigenvalue weighted by atomic mass is 9.74. The number of aromatic hydroxyl groups is 1. The van der Waals surface area contributed by atoms with Gasteiger partial charge in [0.1, 0.15) is 39.7 Å². The normalized spacial score (nSPS) is 34.0. The van der Waals surface area contributed by atoms with E-state index in [1.54, 1.807) is 46.8 Å². The lowest BCUT2D eigenvalue weighted by Gasteiger charge is -2.48. The predicted octanol–water partition coefficient (Wildman–Crippen LogP) is 5.84. The lowest BCUT2D eigenvalue weighted by Crippen LogP contribution is -2.60. The van der Waals surface area contributed by atoms with Crippen LogP contribution in [0.3, 0.4) is 0 Å². The highest BCUT2D eigenvalue weighted by Gasteiger charge is 2.52. The van der Waals surface area contributed by atoms with Gasteiger partial charge < -0.3 is 49.0 Å². The van der Waals surface area contributed by atoms with Gasteiger partial charge in [-0.3, -0.25) is 19.2 Å². The van der Waals surface area contributed by atoms with E-state index in [-0.39, 0.29) is 30.5 Å². The Morgan fingerprint density at radius 1 is 0.955 bits per heavy atom. The topological polar surface area (TPSA) is 211 Å². The zero-order valence-corrected chi connectivity index (χ0v) is 41.3. The molecular formula is C49H75N5O11S. The fraction of sp³-hybridized carbons (Fsp3) is 0.694. The Labute approximate surface area is 395 Å². The number of carbonyl (C=O) groups excluding carboxylic acids is 2. The van der Waals surface area contributed by atoms with E-state index in [2.05, 4.69) is 15.2 Å². The largest absolute Gasteiger partial charge is 0.505 e. The first kappa shape index (κ1) is 53.3. The highest BCUT2D eigenvalue weighted by atomic mass is 32.1. The predicted molar refractivity (Wildman–Crippen MR) is 250 cm³/mol. The van der Waals surface area contributed by atoms with E-state index in [9.17, 15) is 35.1 Å². The summed E-state index contributed by atoms with van der Waals surface area (Å²) < 4.78 is 29.2. The van der Waals surface area contributed by atoms with Crippen LogP contribution in [0.15, 0.2) is 48.8 Å². The van der Waals surface area contributed by atoms with Gasteiger partial charge in [0.05, 0.1) is 42.1 Å². The van der Waals surface area contributed by atoms with Crippen LogP contribution in [0.1, 0.15) is 106 Å². The van der Waals surface area contributed by atoms with E-state index in [0.717, 1.165) is 55.6 Å². The minimum atomic E-state index is -1.95. The summed E-state index contributed by atoms with van der Waals surface area (Å²) in [4.78, 5) is 29.6. The molecule has 2 aliphatic rings. The van der Waals surface area contributed by atoms with Gasteiger partial charge in [0.2, 0.25) is 0 Å². The number of methoxy groups -OCH3 is 1. The summed E-state index contributed by atoms with van der Waals surface area (Å²) in [7, 11) is 3.42. The van der Waals surface area contributed by atoms with Gasteiger partial charge >= 0.3 is 5.97 Å². The maximum atomic E-state index is 13.9. The van der Waals surface area contributed by atoms with E-state index in [0.29, 0.717) is 17.6 Å². The van der Waals surface area contributed by atoms with Crippen molar-refractivity contribution in [3.8, 4) is 17.0 Å². The first-order chi connectivity index (χ1) is 31.1. The Balaban J connectivity index is 1.25. The van der Waals surface area contributed by atoms with Crippen LogP contribution < -0.4 is 0 Å². The minimum absolute atomic E-state index is 0.0904. The number of ether oxygens (including phenoxy) is 4. The summed E-state index contributed by atoms with van der Waals surface area (Å²) in [5.74, 6) is -4.62. The van der Waals surface area contributed by atoms with Crippen molar-refractivity contribution in [2.45, 2.75) is 180 Å². The molecule has 2 saturated heterocycles. The van der Waals surface area contributed by atoms with E-state index < -0.39 is 83.7 Å². The summed E-state index contributed by atoms with van der Waals surface area (Å²) in [5, 5.41) is 65.2. The quantitative estimate of drug-likeness (QED) is 0.0689. The third kappa shape index (κ3) is 12.5. The second kappa shape index (κ2) is 23.1. The summed E-state index contributed by atoms with van der Waals surface area (Å²) >= 11 is 5.29. The molecule has 66 heavy (non-hydrogen) atoms. The van der Waals surface area contributed by atoms with Crippen LogP contribution in [-0.4, -0.2) is 136 Å². The minimum Gasteiger partial charge on any atom is -0.505 e. The van der Waals surface area contributed by atoms with Gasteiger partial charge in [-0.2, -0.15) is 0 Å². The number of carbonyl (C=O) groups is 2. The summed E-state index contributed by atoms with van der Waals surface area (Å²) in [6.07, 6.45) is 0.872. The maximum absolute atomic E-state index is 13.9. The molecule has 2 aromatic heterocycles. The smallest absolute Gasteiger partial charge is 0.311 e. The number of likely N-dealkylation sites (N-methyl/N-ethyl adjacent to an activating group) is 1. The first-order valence-electron chi connectivity index (χ1n) is 23.6. The monoisotopic (exact) mass is 942 g/mol. The molecule has 368 valence electrons. The second-order valence-corrected chi connectivity index (χ2v) is 19.8. The van der Waals surface area contributed by atoms with Crippen molar-refractivity contribution in [1.29, 1.82) is 0 Å². The molecule has 16 nitrogen and oxygen atoms in total. The zero-order valence-electron chi connectivity index (χ0n) is 40.4. The number of Topliss-reactive ketones (excluding diaryl/α,β-unsaturated/α-hetero) is 1. The molecule has 5 rings (SSSR count). The molecule has 0 saturated carbocycles. The molecule has 0 bridgehead atoms. The van der Waals surface area contributed by atoms with Crippen LogP contribution in [0, 0.1) is 28.3 Å². The van der Waals surface area contributed by atoms with Crippen molar-refractivity contribution in [2.24, 2.45) is 23.7 Å². The van der Waals surface area contributed by atoms with Crippen LogP contribution in [0.4, 0.5) is 0 Å². The van der Waals surface area contributed by atoms with Crippen molar-refractivity contribution in [3.63, 3.8) is 0 Å². The molecule has 4 heterocycles. The number of cyclic esters (lactones) is 1. The molecule has 0 radical (unpaired) electrons. The van der Waals surface area contributed by atoms with Crippen LogP contribution in [0.25, 0.3) is 11.3 Å². The number of hydrogen-bond donors (Lipinski definition) is 5. The number of esters is 1. The van der Waals surface area contributed by atoms with Crippen molar-refractivity contribution in [1.82, 2.24) is 24.5 Å². The Bertz CT molecular complexity index is 2100. The van der Waals surface area contributed by atoms with Crippen LogP contribution in [0.2, 0.25) is 0 Å². The molecule has 0 amide bonds. The van der Waals surface area contributed by atoms with E-state index in [1.807, 2.05) is 59.9 Å². The average molecular weight is 942 g/mol. The molecule has 5 N–H and O–H groups in total. The number of ketones is 1. The molecule has 17 heteroatoms. The molecule has 0 aliphatic carbocycles. The summed E-state index contributed by atoms with van der Waals surface area (Å²) in [6, 6.07) is 11.1. The summed E-state index contributed by atoms with van der Waals surface area (Å²) in [5.41, 5.74) is -0.494. The standard InChI is InChI=1S/C49H75N5O11S/c1-11-39-49(8,61)43(59)31(4)40(56)29(2)26-48(7,62-10)44(32(5)41(57)33(6)46(60)64-39)65-47-42(58)37(25-30(3)63-47)52(9)27-34-18-20-35(21-19-34)36-28-54(51-50-36)24-15-13-12-14-22-53-23-16-17-38(55)45(53)66/h16-21,23,28-33,37,39,41-44,47,55,57-59,61H,11-15,22,24-27H2,1-10H3/t29-,30-,31+,32+,33-,37+,39-,41+,42-,43-,44-,47+,48-,49-/m1/s1. The van der Waals surface area contributed by atoms with Gasteiger partial charge in [0.15, 0.2) is 6.29 Å². The van der Waals surface area contributed by atoms with Crippen molar-refractivity contribution in [3.05, 3.63) is 59.0 Å². The number of hydrogen-bond acceptors (Lipinski definition) is 15. The first-order valence-corrected chi connectivity index (χ1v) is 24.0. The van der Waals surface area contributed by atoms with Crippen molar-refractivity contribution in [2.75, 3.05) is 14.2 Å². The molecular weight excluding hydrogens is 867 g/mol. The molecule has 0 spiro atoms.